The van der Waals surface area contributed by atoms with Gasteiger partial charge in [0.05, 0.1) is 6.54 Å². The molecule has 5 heteroatoms. The molecule has 1 aliphatic rings. The Bertz CT molecular complexity index is 587. The van der Waals surface area contributed by atoms with E-state index >= 15 is 0 Å². The van der Waals surface area contributed by atoms with Gasteiger partial charge in [0.25, 0.3) is 0 Å². The molecular formula is C13H15FN4. The quantitative estimate of drug-likeness (QED) is 0.903. The maximum Gasteiger partial charge on any atom is 0.164 e. The van der Waals surface area contributed by atoms with Crippen molar-refractivity contribution in [1.82, 2.24) is 14.8 Å². The fourth-order valence-corrected chi connectivity index (χ4v) is 2.16. The van der Waals surface area contributed by atoms with E-state index in [0.717, 1.165) is 30.1 Å². The molecule has 1 saturated carbocycles. The standard InChI is InChI=1S/C13H15FN4/c1-8-6-9(2-5-11(8)14)13-17-16-12(7-15)18(13)10-3-4-10/h2,5-6,10H,3-4,7,15H2,1H3. The van der Waals surface area contributed by atoms with Crippen molar-refractivity contribution in [2.75, 3.05) is 0 Å². The van der Waals surface area contributed by atoms with Crippen LogP contribution in [0, 0.1) is 12.7 Å². The second kappa shape index (κ2) is 4.17. The minimum atomic E-state index is -0.199. The summed E-state index contributed by atoms with van der Waals surface area (Å²) in [6, 6.07) is 5.47. The Balaban J connectivity index is 2.10. The topological polar surface area (TPSA) is 56.7 Å². The average molecular weight is 246 g/mol. The smallest absolute Gasteiger partial charge is 0.164 e. The first-order chi connectivity index (χ1) is 8.70. The number of hydrogen-bond acceptors (Lipinski definition) is 3. The first-order valence-corrected chi connectivity index (χ1v) is 6.11. The molecule has 1 fully saturated rings. The van der Waals surface area contributed by atoms with Crippen LogP contribution in [0.3, 0.4) is 0 Å². The number of benzene rings is 1. The molecule has 94 valence electrons. The molecule has 2 N–H and O–H groups in total. The van der Waals surface area contributed by atoms with Crippen molar-refractivity contribution in [2.24, 2.45) is 5.73 Å². The molecule has 0 saturated heterocycles. The number of nitrogens with zero attached hydrogens (tertiary/aromatic N) is 3. The van der Waals surface area contributed by atoms with Crippen molar-refractivity contribution in [3.8, 4) is 11.4 Å². The van der Waals surface area contributed by atoms with Crippen molar-refractivity contribution in [1.29, 1.82) is 0 Å². The minimum Gasteiger partial charge on any atom is -0.324 e. The Morgan fingerprint density at radius 3 is 2.78 bits per heavy atom. The Morgan fingerprint density at radius 1 is 1.39 bits per heavy atom. The van der Waals surface area contributed by atoms with Gasteiger partial charge in [0, 0.05) is 11.6 Å². The summed E-state index contributed by atoms with van der Waals surface area (Å²) in [4.78, 5) is 0. The Hall–Kier alpha value is -1.75. The highest BCUT2D eigenvalue weighted by atomic mass is 19.1. The summed E-state index contributed by atoms with van der Waals surface area (Å²) in [6.07, 6.45) is 2.27. The number of aromatic nitrogens is 3. The molecule has 1 aromatic heterocycles. The van der Waals surface area contributed by atoms with Crippen LogP contribution in [0.1, 0.15) is 30.3 Å². The summed E-state index contributed by atoms with van der Waals surface area (Å²) in [5.41, 5.74) is 7.19. The van der Waals surface area contributed by atoms with Gasteiger partial charge in [0.1, 0.15) is 11.6 Å². The Labute approximate surface area is 105 Å². The van der Waals surface area contributed by atoms with Crippen molar-refractivity contribution < 1.29 is 4.39 Å². The lowest BCUT2D eigenvalue weighted by Crippen LogP contribution is -2.08. The molecule has 0 atom stereocenters. The zero-order valence-electron chi connectivity index (χ0n) is 10.2. The zero-order valence-corrected chi connectivity index (χ0v) is 10.2. The fraction of sp³-hybridized carbons (Fsp3) is 0.385. The summed E-state index contributed by atoms with van der Waals surface area (Å²) in [5.74, 6) is 1.39. The van der Waals surface area contributed by atoms with Gasteiger partial charge in [-0.15, -0.1) is 10.2 Å². The maximum absolute atomic E-state index is 13.3. The van der Waals surface area contributed by atoms with E-state index in [2.05, 4.69) is 14.8 Å². The van der Waals surface area contributed by atoms with Gasteiger partial charge in [0.15, 0.2) is 5.82 Å². The van der Waals surface area contributed by atoms with Gasteiger partial charge < -0.3 is 10.3 Å². The molecule has 1 heterocycles. The lowest BCUT2D eigenvalue weighted by atomic mass is 10.1. The predicted molar refractivity (Wildman–Crippen MR) is 66.3 cm³/mol. The first-order valence-electron chi connectivity index (χ1n) is 6.11. The largest absolute Gasteiger partial charge is 0.324 e. The minimum absolute atomic E-state index is 0.199. The van der Waals surface area contributed by atoms with E-state index in [-0.39, 0.29) is 5.82 Å². The van der Waals surface area contributed by atoms with E-state index in [1.807, 2.05) is 0 Å². The van der Waals surface area contributed by atoms with E-state index in [1.54, 1.807) is 19.1 Å². The molecule has 0 bridgehead atoms. The zero-order chi connectivity index (χ0) is 12.7. The summed E-state index contributed by atoms with van der Waals surface area (Å²) < 4.78 is 15.4. The van der Waals surface area contributed by atoms with Gasteiger partial charge in [-0.25, -0.2) is 4.39 Å². The molecule has 0 unspecified atom stereocenters. The molecule has 0 radical (unpaired) electrons. The molecule has 2 aromatic rings. The van der Waals surface area contributed by atoms with E-state index < -0.39 is 0 Å². The van der Waals surface area contributed by atoms with Crippen molar-refractivity contribution in [3.05, 3.63) is 35.4 Å². The third-order valence-electron chi connectivity index (χ3n) is 3.28. The van der Waals surface area contributed by atoms with Crippen LogP contribution in [0.5, 0.6) is 0 Å². The summed E-state index contributed by atoms with van der Waals surface area (Å²) >= 11 is 0. The molecule has 1 aromatic carbocycles. The van der Waals surface area contributed by atoms with Crippen molar-refractivity contribution in [3.63, 3.8) is 0 Å². The van der Waals surface area contributed by atoms with Crippen LogP contribution >= 0.6 is 0 Å². The maximum atomic E-state index is 13.3. The van der Waals surface area contributed by atoms with Gasteiger partial charge >= 0.3 is 0 Å². The predicted octanol–water partition coefficient (Wildman–Crippen LogP) is 2.19. The third kappa shape index (κ3) is 1.80. The Kier molecular flexibility index (Phi) is 2.63. The van der Waals surface area contributed by atoms with E-state index in [1.165, 1.54) is 6.07 Å². The van der Waals surface area contributed by atoms with Gasteiger partial charge in [0.2, 0.25) is 0 Å². The number of hydrogen-bond donors (Lipinski definition) is 1. The third-order valence-corrected chi connectivity index (χ3v) is 3.28. The number of nitrogens with two attached hydrogens (primary N) is 1. The summed E-state index contributed by atoms with van der Waals surface area (Å²) in [6.45, 7) is 2.13. The van der Waals surface area contributed by atoms with Crippen LogP contribution < -0.4 is 5.73 Å². The Morgan fingerprint density at radius 2 is 2.17 bits per heavy atom. The van der Waals surface area contributed by atoms with Crippen LogP contribution in [0.15, 0.2) is 18.2 Å². The lowest BCUT2D eigenvalue weighted by molar-refractivity contribution is 0.618. The number of rotatable bonds is 3. The van der Waals surface area contributed by atoms with E-state index in [4.69, 9.17) is 5.73 Å². The van der Waals surface area contributed by atoms with Gasteiger partial charge in [-0.3, -0.25) is 0 Å². The monoisotopic (exact) mass is 246 g/mol. The van der Waals surface area contributed by atoms with Gasteiger partial charge in [-0.2, -0.15) is 0 Å². The molecule has 0 aliphatic heterocycles. The molecule has 4 nitrogen and oxygen atoms in total. The highest BCUT2D eigenvalue weighted by Crippen LogP contribution is 2.39. The molecular weight excluding hydrogens is 231 g/mol. The molecule has 18 heavy (non-hydrogen) atoms. The molecule has 3 rings (SSSR count). The van der Waals surface area contributed by atoms with Gasteiger partial charge in [-0.05, 0) is 43.5 Å². The second-order valence-electron chi connectivity index (χ2n) is 4.71. The highest BCUT2D eigenvalue weighted by Gasteiger charge is 2.29. The molecule has 0 spiro atoms. The fourth-order valence-electron chi connectivity index (χ4n) is 2.16. The summed E-state index contributed by atoms with van der Waals surface area (Å²) in [7, 11) is 0. The number of aryl methyl sites for hydroxylation is 1. The second-order valence-corrected chi connectivity index (χ2v) is 4.71. The molecule has 0 amide bonds. The van der Waals surface area contributed by atoms with Crippen LogP contribution in [0.4, 0.5) is 4.39 Å². The first kappa shape index (κ1) is 11.3. The van der Waals surface area contributed by atoms with Gasteiger partial charge in [-0.1, -0.05) is 0 Å². The van der Waals surface area contributed by atoms with Crippen molar-refractivity contribution >= 4 is 0 Å². The SMILES string of the molecule is Cc1cc(-c2nnc(CN)n2C2CC2)ccc1F. The van der Waals surface area contributed by atoms with Crippen molar-refractivity contribution in [2.45, 2.75) is 32.4 Å². The van der Waals surface area contributed by atoms with Crippen LogP contribution in [0.2, 0.25) is 0 Å². The lowest BCUT2D eigenvalue weighted by Gasteiger charge is -2.08. The van der Waals surface area contributed by atoms with Crippen LogP contribution in [-0.4, -0.2) is 14.8 Å². The average Bonchev–Trinajstić information content (AvgIpc) is 3.12. The summed E-state index contributed by atoms with van der Waals surface area (Å²) in [5, 5.41) is 8.32. The number of halogens is 1. The van der Waals surface area contributed by atoms with E-state index in [0.29, 0.717) is 18.2 Å². The highest BCUT2D eigenvalue weighted by molar-refractivity contribution is 5.57. The van der Waals surface area contributed by atoms with E-state index in [9.17, 15) is 4.39 Å². The molecule has 1 aliphatic carbocycles. The van der Waals surface area contributed by atoms with Crippen LogP contribution in [-0.2, 0) is 6.54 Å². The van der Waals surface area contributed by atoms with Crippen LogP contribution in [0.25, 0.3) is 11.4 Å². The normalized spacial score (nSPS) is 15.1.